The Morgan fingerprint density at radius 1 is 1.05 bits per heavy atom. The maximum absolute atomic E-state index is 12.0. The quantitative estimate of drug-likeness (QED) is 0.650. The molecular weight excluding hydrogens is 278 g/mol. The van der Waals surface area contributed by atoms with Crippen molar-refractivity contribution in [2.24, 2.45) is 0 Å². The largest absolute Gasteiger partial charge is 0.497 e. The second-order valence-corrected chi connectivity index (χ2v) is 4.77. The molecule has 0 saturated heterocycles. The first-order chi connectivity index (χ1) is 10.6. The molecule has 4 heteroatoms. The molecule has 0 aliphatic carbocycles. The number of rotatable bonds is 6. The highest BCUT2D eigenvalue weighted by Crippen LogP contribution is 2.28. The number of methoxy groups -OCH3 is 2. The average molecular weight is 297 g/mol. The first-order valence-electron chi connectivity index (χ1n) is 6.90. The second-order valence-electron chi connectivity index (χ2n) is 4.77. The van der Waals surface area contributed by atoms with Crippen LogP contribution < -0.4 is 14.8 Å². The number of aryl methyl sites for hydroxylation is 1. The van der Waals surface area contributed by atoms with Crippen LogP contribution in [0.1, 0.15) is 15.9 Å². The van der Waals surface area contributed by atoms with E-state index in [4.69, 9.17) is 9.47 Å². The van der Waals surface area contributed by atoms with Crippen LogP contribution >= 0.6 is 0 Å². The van der Waals surface area contributed by atoms with E-state index in [0.29, 0.717) is 17.1 Å². The summed E-state index contributed by atoms with van der Waals surface area (Å²) in [4.78, 5) is 12.0. The van der Waals surface area contributed by atoms with Gasteiger partial charge in [0.15, 0.2) is 5.78 Å². The third kappa shape index (κ3) is 3.88. The Bertz CT molecular complexity index is 675. The standard InChI is InChI=1S/C18H19NO3/c1-13-4-6-14(7-5-13)17(20)10-11-19-16-12-15(21-2)8-9-18(16)22-3/h4-12,19H,1-3H3. The Hall–Kier alpha value is -2.75. The molecule has 0 heterocycles. The van der Waals surface area contributed by atoms with Gasteiger partial charge >= 0.3 is 0 Å². The lowest BCUT2D eigenvalue weighted by Crippen LogP contribution is -1.98. The molecule has 0 spiro atoms. The average Bonchev–Trinajstić information content (AvgIpc) is 2.55. The lowest BCUT2D eigenvalue weighted by molar-refractivity contribution is 0.104. The number of hydrogen-bond acceptors (Lipinski definition) is 4. The summed E-state index contributed by atoms with van der Waals surface area (Å²) in [5.74, 6) is 1.32. The van der Waals surface area contributed by atoms with Crippen LogP contribution in [0, 0.1) is 6.92 Å². The van der Waals surface area contributed by atoms with E-state index in [2.05, 4.69) is 5.32 Å². The van der Waals surface area contributed by atoms with E-state index in [0.717, 1.165) is 11.3 Å². The summed E-state index contributed by atoms with van der Waals surface area (Å²) >= 11 is 0. The minimum atomic E-state index is -0.0608. The van der Waals surface area contributed by atoms with Crippen LogP contribution in [0.25, 0.3) is 0 Å². The zero-order valence-electron chi connectivity index (χ0n) is 12.9. The van der Waals surface area contributed by atoms with Crippen LogP contribution in [0.15, 0.2) is 54.7 Å². The Balaban J connectivity index is 2.08. The molecule has 0 fully saturated rings. The number of carbonyl (C=O) groups excluding carboxylic acids is 1. The molecule has 2 aromatic rings. The molecule has 0 aliphatic heterocycles. The maximum atomic E-state index is 12.0. The first kappa shape index (κ1) is 15.6. The van der Waals surface area contributed by atoms with Gasteiger partial charge in [-0.3, -0.25) is 4.79 Å². The molecule has 0 aliphatic rings. The van der Waals surface area contributed by atoms with Crippen LogP contribution in [0.5, 0.6) is 11.5 Å². The van der Waals surface area contributed by atoms with E-state index >= 15 is 0 Å². The Morgan fingerprint density at radius 3 is 2.41 bits per heavy atom. The van der Waals surface area contributed by atoms with Crippen molar-refractivity contribution >= 4 is 11.5 Å². The fourth-order valence-corrected chi connectivity index (χ4v) is 1.95. The fourth-order valence-electron chi connectivity index (χ4n) is 1.95. The molecule has 0 bridgehead atoms. The molecule has 2 aromatic carbocycles. The minimum Gasteiger partial charge on any atom is -0.497 e. The highest BCUT2D eigenvalue weighted by atomic mass is 16.5. The predicted molar refractivity (Wildman–Crippen MR) is 87.8 cm³/mol. The van der Waals surface area contributed by atoms with Gasteiger partial charge in [0.2, 0.25) is 0 Å². The Labute approximate surface area is 130 Å². The minimum absolute atomic E-state index is 0.0608. The van der Waals surface area contributed by atoms with Gasteiger partial charge in [-0.2, -0.15) is 0 Å². The van der Waals surface area contributed by atoms with E-state index in [1.165, 1.54) is 6.08 Å². The summed E-state index contributed by atoms with van der Waals surface area (Å²) in [5, 5.41) is 3.04. The van der Waals surface area contributed by atoms with Gasteiger partial charge in [0.1, 0.15) is 11.5 Å². The van der Waals surface area contributed by atoms with E-state index in [-0.39, 0.29) is 5.78 Å². The van der Waals surface area contributed by atoms with Gasteiger partial charge < -0.3 is 14.8 Å². The summed E-state index contributed by atoms with van der Waals surface area (Å²) < 4.78 is 10.4. The summed E-state index contributed by atoms with van der Waals surface area (Å²) in [7, 11) is 3.19. The van der Waals surface area contributed by atoms with Crippen LogP contribution in [0.2, 0.25) is 0 Å². The van der Waals surface area contributed by atoms with Crippen molar-refractivity contribution in [3.63, 3.8) is 0 Å². The fraction of sp³-hybridized carbons (Fsp3) is 0.167. The van der Waals surface area contributed by atoms with Gasteiger partial charge in [-0.05, 0) is 19.1 Å². The van der Waals surface area contributed by atoms with Crippen molar-refractivity contribution in [2.75, 3.05) is 19.5 Å². The zero-order valence-corrected chi connectivity index (χ0v) is 12.9. The lowest BCUT2D eigenvalue weighted by atomic mass is 10.1. The number of allylic oxidation sites excluding steroid dienone is 1. The maximum Gasteiger partial charge on any atom is 0.187 e. The molecule has 0 aromatic heterocycles. The second kappa shape index (κ2) is 7.31. The Kier molecular flexibility index (Phi) is 5.20. The normalized spacial score (nSPS) is 10.5. The number of hydrogen-bond donors (Lipinski definition) is 1. The van der Waals surface area contributed by atoms with Crippen molar-refractivity contribution < 1.29 is 14.3 Å². The molecule has 0 atom stereocenters. The number of carbonyl (C=O) groups is 1. The lowest BCUT2D eigenvalue weighted by Gasteiger charge is -2.09. The number of nitrogens with one attached hydrogen (secondary N) is 1. The van der Waals surface area contributed by atoms with Gasteiger partial charge in [0, 0.05) is 23.9 Å². The number of ether oxygens (including phenoxy) is 2. The molecule has 0 radical (unpaired) electrons. The van der Waals surface area contributed by atoms with Crippen molar-refractivity contribution in [1.29, 1.82) is 0 Å². The van der Waals surface area contributed by atoms with Crippen molar-refractivity contribution in [2.45, 2.75) is 6.92 Å². The third-order valence-corrected chi connectivity index (χ3v) is 3.22. The molecule has 0 amide bonds. The number of anilines is 1. The molecule has 0 saturated carbocycles. The van der Waals surface area contributed by atoms with Crippen molar-refractivity contribution in [3.8, 4) is 11.5 Å². The topological polar surface area (TPSA) is 47.6 Å². The van der Waals surface area contributed by atoms with Crippen LogP contribution in [-0.4, -0.2) is 20.0 Å². The highest BCUT2D eigenvalue weighted by Gasteiger charge is 2.04. The monoisotopic (exact) mass is 297 g/mol. The predicted octanol–water partition coefficient (Wildman–Crippen LogP) is 3.82. The van der Waals surface area contributed by atoms with Gasteiger partial charge in [-0.25, -0.2) is 0 Å². The molecule has 4 nitrogen and oxygen atoms in total. The van der Waals surface area contributed by atoms with Crippen molar-refractivity contribution in [1.82, 2.24) is 0 Å². The van der Waals surface area contributed by atoms with Crippen LogP contribution in [0.4, 0.5) is 5.69 Å². The molecule has 2 rings (SSSR count). The molecular formula is C18H19NO3. The van der Waals surface area contributed by atoms with E-state index in [1.54, 1.807) is 32.6 Å². The third-order valence-electron chi connectivity index (χ3n) is 3.22. The Morgan fingerprint density at radius 2 is 1.77 bits per heavy atom. The summed E-state index contributed by atoms with van der Waals surface area (Å²) in [6, 6.07) is 12.9. The highest BCUT2D eigenvalue weighted by molar-refractivity contribution is 6.04. The van der Waals surface area contributed by atoms with Gasteiger partial charge in [-0.1, -0.05) is 29.8 Å². The zero-order chi connectivity index (χ0) is 15.9. The molecule has 22 heavy (non-hydrogen) atoms. The van der Waals surface area contributed by atoms with Crippen LogP contribution in [0.3, 0.4) is 0 Å². The van der Waals surface area contributed by atoms with E-state index in [9.17, 15) is 4.79 Å². The smallest absolute Gasteiger partial charge is 0.187 e. The number of ketones is 1. The summed E-state index contributed by atoms with van der Waals surface area (Å²) in [6.07, 6.45) is 3.09. The molecule has 0 unspecified atom stereocenters. The molecule has 114 valence electrons. The summed E-state index contributed by atoms with van der Waals surface area (Å²) in [6.45, 7) is 1.99. The van der Waals surface area contributed by atoms with Crippen molar-refractivity contribution in [3.05, 3.63) is 65.9 Å². The SMILES string of the molecule is COc1ccc(OC)c(NC=CC(=O)c2ccc(C)cc2)c1. The molecule has 1 N–H and O–H groups in total. The van der Waals surface area contributed by atoms with Crippen LogP contribution in [-0.2, 0) is 0 Å². The number of benzene rings is 2. The van der Waals surface area contributed by atoms with Gasteiger partial charge in [0.05, 0.1) is 19.9 Å². The van der Waals surface area contributed by atoms with E-state index < -0.39 is 0 Å². The summed E-state index contributed by atoms with van der Waals surface area (Å²) in [5.41, 5.74) is 2.51. The van der Waals surface area contributed by atoms with Gasteiger partial charge in [-0.15, -0.1) is 0 Å². The first-order valence-corrected chi connectivity index (χ1v) is 6.90. The van der Waals surface area contributed by atoms with E-state index in [1.807, 2.05) is 37.3 Å². The van der Waals surface area contributed by atoms with Gasteiger partial charge in [0.25, 0.3) is 0 Å².